The summed E-state index contributed by atoms with van der Waals surface area (Å²) in [7, 11) is 0. The van der Waals surface area contributed by atoms with Gasteiger partial charge in [-0.15, -0.1) is 0 Å². The SMILES string of the molecule is BrCC(CCc1ccccc1)OC(CBr)CCc1ccccc1. The van der Waals surface area contributed by atoms with Gasteiger partial charge in [0.05, 0.1) is 12.2 Å². The van der Waals surface area contributed by atoms with E-state index >= 15 is 0 Å². The van der Waals surface area contributed by atoms with Gasteiger partial charge in [-0.2, -0.15) is 0 Å². The van der Waals surface area contributed by atoms with E-state index < -0.39 is 0 Å². The normalized spacial score (nSPS) is 13.7. The molecule has 0 fully saturated rings. The lowest BCUT2D eigenvalue weighted by molar-refractivity contribution is 0.00706. The molecule has 0 amide bonds. The van der Waals surface area contributed by atoms with Crippen LogP contribution in [0, 0.1) is 0 Å². The van der Waals surface area contributed by atoms with E-state index in [1.54, 1.807) is 0 Å². The summed E-state index contributed by atoms with van der Waals surface area (Å²) >= 11 is 7.21. The Hall–Kier alpha value is -0.640. The summed E-state index contributed by atoms with van der Waals surface area (Å²) in [5.74, 6) is 0. The Labute approximate surface area is 156 Å². The fourth-order valence-electron chi connectivity index (χ4n) is 2.58. The molecule has 0 aliphatic heterocycles. The fraction of sp³-hybridized carbons (Fsp3) is 0.400. The molecule has 2 aromatic rings. The summed E-state index contributed by atoms with van der Waals surface area (Å²) in [6.45, 7) is 0. The van der Waals surface area contributed by atoms with Crippen molar-refractivity contribution in [3.05, 3.63) is 71.8 Å². The van der Waals surface area contributed by atoms with Crippen molar-refractivity contribution >= 4 is 31.9 Å². The first kappa shape index (κ1) is 18.7. The fourth-order valence-corrected chi connectivity index (χ4v) is 3.53. The molecule has 23 heavy (non-hydrogen) atoms. The van der Waals surface area contributed by atoms with Crippen LogP contribution in [0.4, 0.5) is 0 Å². The highest BCUT2D eigenvalue weighted by Crippen LogP contribution is 2.16. The Morgan fingerprint density at radius 3 is 1.39 bits per heavy atom. The predicted octanol–water partition coefficient (Wildman–Crippen LogP) is 5.80. The smallest absolute Gasteiger partial charge is 0.0679 e. The van der Waals surface area contributed by atoms with Gasteiger partial charge < -0.3 is 4.74 Å². The van der Waals surface area contributed by atoms with Crippen LogP contribution in [0.1, 0.15) is 24.0 Å². The quantitative estimate of drug-likeness (QED) is 0.425. The van der Waals surface area contributed by atoms with E-state index in [0.29, 0.717) is 0 Å². The largest absolute Gasteiger partial charge is 0.373 e. The molecule has 2 aromatic carbocycles. The van der Waals surface area contributed by atoms with Gasteiger partial charge in [0, 0.05) is 10.7 Å². The molecular weight excluding hydrogens is 416 g/mol. The van der Waals surface area contributed by atoms with Gasteiger partial charge in [-0.25, -0.2) is 0 Å². The van der Waals surface area contributed by atoms with Crippen molar-refractivity contribution in [3.8, 4) is 0 Å². The summed E-state index contributed by atoms with van der Waals surface area (Å²) < 4.78 is 6.30. The molecule has 124 valence electrons. The number of hydrogen-bond acceptors (Lipinski definition) is 1. The van der Waals surface area contributed by atoms with E-state index in [9.17, 15) is 0 Å². The van der Waals surface area contributed by atoms with E-state index in [1.807, 2.05) is 0 Å². The highest BCUT2D eigenvalue weighted by molar-refractivity contribution is 9.09. The number of aryl methyl sites for hydroxylation is 2. The predicted molar refractivity (Wildman–Crippen MR) is 106 cm³/mol. The summed E-state index contributed by atoms with van der Waals surface area (Å²) in [5, 5.41) is 1.77. The molecule has 0 spiro atoms. The van der Waals surface area contributed by atoms with Crippen molar-refractivity contribution in [1.82, 2.24) is 0 Å². The second-order valence-electron chi connectivity index (χ2n) is 5.74. The molecule has 0 saturated heterocycles. The van der Waals surface area contributed by atoms with Crippen molar-refractivity contribution in [2.75, 3.05) is 10.7 Å². The first-order chi connectivity index (χ1) is 11.3. The summed E-state index contributed by atoms with van der Waals surface area (Å²) in [5.41, 5.74) is 2.75. The van der Waals surface area contributed by atoms with Gasteiger partial charge in [0.1, 0.15) is 0 Å². The maximum Gasteiger partial charge on any atom is 0.0679 e. The number of ether oxygens (including phenoxy) is 1. The minimum atomic E-state index is 0.258. The van der Waals surface area contributed by atoms with Gasteiger partial charge >= 0.3 is 0 Å². The second-order valence-corrected chi connectivity index (χ2v) is 7.03. The number of benzene rings is 2. The highest BCUT2D eigenvalue weighted by atomic mass is 79.9. The molecule has 2 unspecified atom stereocenters. The Bertz CT molecular complexity index is 480. The average Bonchev–Trinajstić information content (AvgIpc) is 2.63. The van der Waals surface area contributed by atoms with Crippen LogP contribution >= 0.6 is 31.9 Å². The van der Waals surface area contributed by atoms with Crippen molar-refractivity contribution in [3.63, 3.8) is 0 Å². The first-order valence-electron chi connectivity index (χ1n) is 8.17. The van der Waals surface area contributed by atoms with Crippen LogP contribution in [-0.4, -0.2) is 22.9 Å². The zero-order chi connectivity index (χ0) is 16.3. The van der Waals surface area contributed by atoms with Crippen molar-refractivity contribution < 1.29 is 4.74 Å². The van der Waals surface area contributed by atoms with Gasteiger partial charge in [-0.3, -0.25) is 0 Å². The van der Waals surface area contributed by atoms with Gasteiger partial charge in [-0.05, 0) is 36.8 Å². The third-order valence-electron chi connectivity index (χ3n) is 3.92. The Morgan fingerprint density at radius 2 is 1.04 bits per heavy atom. The van der Waals surface area contributed by atoms with Gasteiger partial charge in [0.2, 0.25) is 0 Å². The second kappa shape index (κ2) is 11.0. The Kier molecular flexibility index (Phi) is 8.95. The van der Waals surface area contributed by atoms with E-state index in [0.717, 1.165) is 36.3 Å². The lowest BCUT2D eigenvalue weighted by atomic mass is 10.1. The summed E-state index contributed by atoms with van der Waals surface area (Å²) in [4.78, 5) is 0. The van der Waals surface area contributed by atoms with Crippen molar-refractivity contribution in [1.29, 1.82) is 0 Å². The van der Waals surface area contributed by atoms with Crippen molar-refractivity contribution in [2.45, 2.75) is 37.9 Å². The lowest BCUT2D eigenvalue weighted by Crippen LogP contribution is -2.26. The topological polar surface area (TPSA) is 9.23 Å². The number of alkyl halides is 2. The molecule has 0 bridgehead atoms. The molecular formula is C20H24Br2O. The lowest BCUT2D eigenvalue weighted by Gasteiger charge is -2.22. The van der Waals surface area contributed by atoms with E-state index in [2.05, 4.69) is 92.5 Å². The number of rotatable bonds is 10. The minimum Gasteiger partial charge on any atom is -0.373 e. The zero-order valence-corrected chi connectivity index (χ0v) is 16.5. The Balaban J connectivity index is 1.78. The molecule has 0 saturated carbocycles. The molecule has 2 atom stereocenters. The third kappa shape index (κ3) is 7.19. The summed E-state index contributed by atoms with van der Waals surface area (Å²) in [6, 6.07) is 21.2. The molecule has 1 nitrogen and oxygen atoms in total. The van der Waals surface area contributed by atoms with E-state index in [1.165, 1.54) is 11.1 Å². The molecule has 0 aromatic heterocycles. The van der Waals surface area contributed by atoms with Gasteiger partial charge in [-0.1, -0.05) is 92.5 Å². The molecule has 0 radical (unpaired) electrons. The minimum absolute atomic E-state index is 0.258. The van der Waals surface area contributed by atoms with Gasteiger partial charge in [0.25, 0.3) is 0 Å². The van der Waals surface area contributed by atoms with Crippen LogP contribution in [0.25, 0.3) is 0 Å². The van der Waals surface area contributed by atoms with E-state index in [-0.39, 0.29) is 12.2 Å². The van der Waals surface area contributed by atoms with E-state index in [4.69, 9.17) is 4.74 Å². The molecule has 2 rings (SSSR count). The summed E-state index contributed by atoms with van der Waals surface area (Å²) in [6.07, 6.45) is 4.73. The number of halogens is 2. The van der Waals surface area contributed by atoms with Crippen LogP contribution in [0.5, 0.6) is 0 Å². The maximum atomic E-state index is 6.30. The standard InChI is InChI=1S/C20H24Br2O/c21-15-19(13-11-17-7-3-1-4-8-17)23-20(16-22)14-12-18-9-5-2-6-10-18/h1-10,19-20H,11-16H2. The average molecular weight is 440 g/mol. The third-order valence-corrected chi connectivity index (χ3v) is 5.37. The Morgan fingerprint density at radius 1 is 0.652 bits per heavy atom. The molecule has 0 heterocycles. The molecule has 3 heteroatoms. The maximum absolute atomic E-state index is 6.30. The van der Waals surface area contributed by atoms with Crippen LogP contribution in [-0.2, 0) is 17.6 Å². The highest BCUT2D eigenvalue weighted by Gasteiger charge is 2.15. The van der Waals surface area contributed by atoms with Crippen LogP contribution < -0.4 is 0 Å². The molecule has 0 aliphatic rings. The monoisotopic (exact) mass is 438 g/mol. The number of hydrogen-bond donors (Lipinski definition) is 0. The van der Waals surface area contributed by atoms with Crippen LogP contribution in [0.3, 0.4) is 0 Å². The molecule has 0 aliphatic carbocycles. The zero-order valence-electron chi connectivity index (χ0n) is 13.3. The van der Waals surface area contributed by atoms with Gasteiger partial charge in [0.15, 0.2) is 0 Å². The van der Waals surface area contributed by atoms with Crippen LogP contribution in [0.15, 0.2) is 60.7 Å². The molecule has 0 N–H and O–H groups in total. The van der Waals surface area contributed by atoms with Crippen molar-refractivity contribution in [2.24, 2.45) is 0 Å². The van der Waals surface area contributed by atoms with Crippen LogP contribution in [0.2, 0.25) is 0 Å². The first-order valence-corrected chi connectivity index (χ1v) is 10.4.